The number of nitrogens with zero attached hydrogens (tertiary/aromatic N) is 3. The van der Waals surface area contributed by atoms with Crippen LogP contribution in [0.1, 0.15) is 61.2 Å². The SMILES string of the molecule is Cc1c(C(=O)NC2CCCCC2)sc2ncnc(Nc3cccnc3OC(C)C)c12. The van der Waals surface area contributed by atoms with Crippen LogP contribution < -0.4 is 15.4 Å². The third kappa shape index (κ3) is 4.38. The van der Waals surface area contributed by atoms with E-state index in [2.05, 4.69) is 25.6 Å². The van der Waals surface area contributed by atoms with Crippen LogP contribution in [-0.4, -0.2) is 33.0 Å². The van der Waals surface area contributed by atoms with Crippen molar-refractivity contribution in [1.29, 1.82) is 0 Å². The van der Waals surface area contributed by atoms with Crippen LogP contribution in [0.15, 0.2) is 24.7 Å². The number of thiophene rings is 1. The summed E-state index contributed by atoms with van der Waals surface area (Å²) in [5, 5.41) is 7.40. The molecule has 0 unspecified atom stereocenters. The van der Waals surface area contributed by atoms with Gasteiger partial charge in [-0.05, 0) is 51.3 Å². The molecule has 4 rings (SSSR count). The van der Waals surface area contributed by atoms with Crippen LogP contribution in [0.3, 0.4) is 0 Å². The Labute approximate surface area is 180 Å². The molecule has 2 N–H and O–H groups in total. The molecule has 0 atom stereocenters. The predicted octanol–water partition coefficient (Wildman–Crippen LogP) is 4.99. The molecule has 0 spiro atoms. The molecule has 0 saturated heterocycles. The van der Waals surface area contributed by atoms with E-state index in [1.165, 1.54) is 36.9 Å². The molecule has 0 radical (unpaired) electrons. The molecule has 1 aliphatic carbocycles. The highest BCUT2D eigenvalue weighted by molar-refractivity contribution is 7.20. The summed E-state index contributed by atoms with van der Waals surface area (Å²) >= 11 is 1.41. The van der Waals surface area contributed by atoms with Gasteiger partial charge in [-0.2, -0.15) is 0 Å². The molecule has 3 aromatic heterocycles. The maximum absolute atomic E-state index is 12.9. The lowest BCUT2D eigenvalue weighted by atomic mass is 9.95. The van der Waals surface area contributed by atoms with E-state index in [0.717, 1.165) is 34.3 Å². The number of hydrogen-bond acceptors (Lipinski definition) is 7. The molecule has 0 aliphatic heterocycles. The van der Waals surface area contributed by atoms with Gasteiger partial charge >= 0.3 is 0 Å². The van der Waals surface area contributed by atoms with Crippen molar-refractivity contribution in [2.75, 3.05) is 5.32 Å². The quantitative estimate of drug-likeness (QED) is 0.578. The summed E-state index contributed by atoms with van der Waals surface area (Å²) in [4.78, 5) is 27.6. The third-order valence-corrected chi connectivity index (χ3v) is 6.44. The zero-order valence-corrected chi connectivity index (χ0v) is 18.4. The first-order valence-electron chi connectivity index (χ1n) is 10.5. The van der Waals surface area contributed by atoms with Crippen molar-refractivity contribution in [3.63, 3.8) is 0 Å². The van der Waals surface area contributed by atoms with Crippen molar-refractivity contribution < 1.29 is 9.53 Å². The van der Waals surface area contributed by atoms with Crippen LogP contribution in [0.5, 0.6) is 5.88 Å². The fraction of sp³-hybridized carbons (Fsp3) is 0.455. The Morgan fingerprint density at radius 3 is 2.77 bits per heavy atom. The summed E-state index contributed by atoms with van der Waals surface area (Å²) in [5.74, 6) is 1.15. The average Bonchev–Trinajstić information content (AvgIpc) is 3.07. The Bertz CT molecular complexity index is 1040. The smallest absolute Gasteiger partial charge is 0.261 e. The first-order chi connectivity index (χ1) is 14.5. The van der Waals surface area contributed by atoms with Crippen molar-refractivity contribution in [2.24, 2.45) is 0 Å². The van der Waals surface area contributed by atoms with E-state index in [-0.39, 0.29) is 18.1 Å². The van der Waals surface area contributed by atoms with Crippen molar-refractivity contribution in [3.8, 4) is 5.88 Å². The second kappa shape index (κ2) is 8.95. The highest BCUT2D eigenvalue weighted by Crippen LogP contribution is 2.36. The molecular formula is C22H27N5O2S. The number of aryl methyl sites for hydroxylation is 1. The number of aromatic nitrogens is 3. The van der Waals surface area contributed by atoms with Crippen LogP contribution >= 0.6 is 11.3 Å². The number of anilines is 2. The molecule has 1 aliphatic rings. The van der Waals surface area contributed by atoms with Gasteiger partial charge in [-0.3, -0.25) is 4.79 Å². The van der Waals surface area contributed by atoms with Crippen LogP contribution in [0.4, 0.5) is 11.5 Å². The van der Waals surface area contributed by atoms with Crippen LogP contribution in [0, 0.1) is 6.92 Å². The fourth-order valence-corrected chi connectivity index (χ4v) is 4.86. The minimum atomic E-state index is -0.0152. The number of carbonyl (C=O) groups excluding carboxylic acids is 1. The van der Waals surface area contributed by atoms with Gasteiger partial charge in [0.1, 0.15) is 22.7 Å². The Morgan fingerprint density at radius 2 is 2.00 bits per heavy atom. The van der Waals surface area contributed by atoms with Crippen LogP contribution in [0.2, 0.25) is 0 Å². The maximum Gasteiger partial charge on any atom is 0.261 e. The third-order valence-electron chi connectivity index (χ3n) is 5.25. The second-order valence-corrected chi connectivity index (χ2v) is 8.91. The van der Waals surface area contributed by atoms with Gasteiger partial charge < -0.3 is 15.4 Å². The van der Waals surface area contributed by atoms with Crippen molar-refractivity contribution in [1.82, 2.24) is 20.3 Å². The molecule has 1 fully saturated rings. The monoisotopic (exact) mass is 425 g/mol. The van der Waals surface area contributed by atoms with Gasteiger partial charge in [0.15, 0.2) is 0 Å². The largest absolute Gasteiger partial charge is 0.473 e. The average molecular weight is 426 g/mol. The molecule has 1 saturated carbocycles. The van der Waals surface area contributed by atoms with Gasteiger partial charge in [-0.15, -0.1) is 11.3 Å². The van der Waals surface area contributed by atoms with E-state index in [1.807, 2.05) is 32.9 Å². The molecule has 7 nitrogen and oxygen atoms in total. The lowest BCUT2D eigenvalue weighted by Gasteiger charge is -2.22. The Hall–Kier alpha value is -2.74. The molecule has 158 valence electrons. The molecule has 3 aromatic rings. The molecule has 0 bridgehead atoms. The number of fused-ring (bicyclic) bond motifs is 1. The summed E-state index contributed by atoms with van der Waals surface area (Å²) < 4.78 is 5.81. The summed E-state index contributed by atoms with van der Waals surface area (Å²) in [6, 6.07) is 4.01. The van der Waals surface area contributed by atoms with E-state index in [0.29, 0.717) is 16.6 Å². The van der Waals surface area contributed by atoms with E-state index >= 15 is 0 Å². The van der Waals surface area contributed by atoms with Gasteiger partial charge in [0.2, 0.25) is 5.88 Å². The highest BCUT2D eigenvalue weighted by Gasteiger charge is 2.23. The molecule has 1 amide bonds. The fourth-order valence-electron chi connectivity index (χ4n) is 3.81. The minimum absolute atomic E-state index is 0.00355. The summed E-state index contributed by atoms with van der Waals surface area (Å²) in [7, 11) is 0. The summed E-state index contributed by atoms with van der Waals surface area (Å²) in [6.45, 7) is 5.88. The second-order valence-electron chi connectivity index (χ2n) is 7.91. The van der Waals surface area contributed by atoms with Crippen LogP contribution in [-0.2, 0) is 0 Å². The van der Waals surface area contributed by atoms with E-state index in [1.54, 1.807) is 6.20 Å². The number of rotatable bonds is 6. The number of carbonyl (C=O) groups is 1. The zero-order valence-electron chi connectivity index (χ0n) is 17.6. The Balaban J connectivity index is 1.64. The summed E-state index contributed by atoms with van der Waals surface area (Å²) in [5.41, 5.74) is 1.62. The Morgan fingerprint density at radius 1 is 1.20 bits per heavy atom. The van der Waals surface area contributed by atoms with E-state index in [4.69, 9.17) is 4.74 Å². The molecular weight excluding hydrogens is 398 g/mol. The minimum Gasteiger partial charge on any atom is -0.473 e. The molecule has 3 heterocycles. The Kier molecular flexibility index (Phi) is 6.13. The summed E-state index contributed by atoms with van der Waals surface area (Å²) in [6.07, 6.45) is 8.96. The van der Waals surface area contributed by atoms with Crippen molar-refractivity contribution in [3.05, 3.63) is 35.1 Å². The number of amides is 1. The first-order valence-corrected chi connectivity index (χ1v) is 11.3. The first kappa shape index (κ1) is 20.5. The van der Waals surface area contributed by atoms with Gasteiger partial charge in [0.05, 0.1) is 16.4 Å². The predicted molar refractivity (Wildman–Crippen MR) is 120 cm³/mol. The number of pyridine rings is 1. The standard InChI is InChI=1S/C22H27N5O2S/c1-13(2)29-21-16(10-7-11-23-21)27-19-17-14(3)18(30-22(17)25-12-24-19)20(28)26-15-8-5-4-6-9-15/h7,10-13,15H,4-6,8-9H2,1-3H3,(H,26,28)(H,24,25,27). The van der Waals surface area contributed by atoms with E-state index < -0.39 is 0 Å². The lowest BCUT2D eigenvalue weighted by molar-refractivity contribution is 0.0931. The van der Waals surface area contributed by atoms with Gasteiger partial charge in [0, 0.05) is 12.2 Å². The van der Waals surface area contributed by atoms with Gasteiger partial charge in [-0.25, -0.2) is 15.0 Å². The van der Waals surface area contributed by atoms with Crippen LogP contribution in [0.25, 0.3) is 10.2 Å². The van der Waals surface area contributed by atoms with Gasteiger partial charge in [0.25, 0.3) is 5.91 Å². The normalized spacial score (nSPS) is 14.8. The lowest BCUT2D eigenvalue weighted by Crippen LogP contribution is -2.36. The number of ether oxygens (including phenoxy) is 1. The number of hydrogen-bond donors (Lipinski definition) is 2. The maximum atomic E-state index is 12.9. The van der Waals surface area contributed by atoms with Gasteiger partial charge in [-0.1, -0.05) is 19.3 Å². The van der Waals surface area contributed by atoms with Crippen molar-refractivity contribution in [2.45, 2.75) is 65.0 Å². The topological polar surface area (TPSA) is 89.0 Å². The molecule has 0 aromatic carbocycles. The highest BCUT2D eigenvalue weighted by atomic mass is 32.1. The molecule has 8 heteroatoms. The molecule has 30 heavy (non-hydrogen) atoms. The van der Waals surface area contributed by atoms with Crippen molar-refractivity contribution >= 4 is 39.0 Å². The van der Waals surface area contributed by atoms with E-state index in [9.17, 15) is 4.79 Å². The number of nitrogens with one attached hydrogen (secondary N) is 2. The zero-order chi connectivity index (χ0) is 21.1.